The second kappa shape index (κ2) is 5.04. The number of nitrogens with zero attached hydrogens (tertiary/aromatic N) is 2. The van der Waals surface area contributed by atoms with Crippen molar-refractivity contribution in [3.8, 4) is 0 Å². The van der Waals surface area contributed by atoms with E-state index >= 15 is 0 Å². The lowest BCUT2D eigenvalue weighted by atomic mass is 9.79. The van der Waals surface area contributed by atoms with Crippen molar-refractivity contribution in [1.29, 1.82) is 0 Å². The van der Waals surface area contributed by atoms with Crippen LogP contribution in [-0.4, -0.2) is 16.6 Å². The zero-order valence-electron chi connectivity index (χ0n) is 12.4. The highest BCUT2D eigenvalue weighted by Gasteiger charge is 2.31. The van der Waals surface area contributed by atoms with Gasteiger partial charge in [-0.25, -0.2) is 4.98 Å². The molecule has 0 aromatic carbocycles. The molecule has 0 aliphatic heterocycles. The number of nitrogens with one attached hydrogen (secondary N) is 1. The highest BCUT2D eigenvalue weighted by molar-refractivity contribution is 5.12. The molecule has 1 saturated carbocycles. The maximum atomic E-state index is 4.39. The molecular formula is C15H27N3. The predicted molar refractivity (Wildman–Crippen MR) is 75.5 cm³/mol. The van der Waals surface area contributed by atoms with Crippen molar-refractivity contribution < 1.29 is 0 Å². The zero-order valence-corrected chi connectivity index (χ0v) is 12.4. The molecule has 18 heavy (non-hydrogen) atoms. The van der Waals surface area contributed by atoms with Gasteiger partial charge in [-0.3, -0.25) is 0 Å². The predicted octanol–water partition coefficient (Wildman–Crippen LogP) is 3.33. The van der Waals surface area contributed by atoms with Crippen molar-refractivity contribution in [3.05, 3.63) is 18.2 Å². The lowest BCUT2D eigenvalue weighted by Crippen LogP contribution is -2.37. The minimum atomic E-state index is -0.0146. The van der Waals surface area contributed by atoms with Gasteiger partial charge in [0.1, 0.15) is 0 Å². The zero-order chi connectivity index (χ0) is 13.3. The Labute approximate surface area is 111 Å². The van der Waals surface area contributed by atoms with Gasteiger partial charge >= 0.3 is 0 Å². The van der Waals surface area contributed by atoms with Gasteiger partial charge in [-0.05, 0) is 52.0 Å². The first-order valence-electron chi connectivity index (χ1n) is 7.17. The molecule has 102 valence electrons. The fourth-order valence-electron chi connectivity index (χ4n) is 3.24. The van der Waals surface area contributed by atoms with E-state index in [0.717, 1.165) is 11.8 Å². The van der Waals surface area contributed by atoms with Crippen LogP contribution in [0.1, 0.15) is 58.7 Å². The van der Waals surface area contributed by atoms with E-state index in [9.17, 15) is 0 Å². The van der Waals surface area contributed by atoms with Crippen molar-refractivity contribution in [2.75, 3.05) is 7.05 Å². The SMILES string of the molecule is CNC(C)(C)c1cncn1C1CCC(C)CC1C. The van der Waals surface area contributed by atoms with E-state index in [1.807, 2.05) is 19.6 Å². The van der Waals surface area contributed by atoms with Gasteiger partial charge in [-0.2, -0.15) is 0 Å². The van der Waals surface area contributed by atoms with Gasteiger partial charge in [0.05, 0.1) is 23.8 Å². The van der Waals surface area contributed by atoms with Crippen molar-refractivity contribution in [2.45, 2.75) is 58.5 Å². The Hall–Kier alpha value is -0.830. The third-order valence-corrected chi connectivity index (χ3v) is 4.67. The largest absolute Gasteiger partial charge is 0.330 e. The molecule has 1 aliphatic rings. The van der Waals surface area contributed by atoms with Crippen molar-refractivity contribution in [2.24, 2.45) is 11.8 Å². The maximum absolute atomic E-state index is 4.39. The summed E-state index contributed by atoms with van der Waals surface area (Å²) >= 11 is 0. The van der Waals surface area contributed by atoms with E-state index in [2.05, 4.69) is 42.6 Å². The van der Waals surface area contributed by atoms with Crippen LogP contribution in [0, 0.1) is 11.8 Å². The van der Waals surface area contributed by atoms with Gasteiger partial charge in [0.25, 0.3) is 0 Å². The summed E-state index contributed by atoms with van der Waals surface area (Å²) in [5, 5.41) is 3.39. The number of hydrogen-bond donors (Lipinski definition) is 1. The maximum Gasteiger partial charge on any atom is 0.0951 e. The second-order valence-electron chi connectivity index (χ2n) is 6.52. The summed E-state index contributed by atoms with van der Waals surface area (Å²) in [5.41, 5.74) is 1.29. The van der Waals surface area contributed by atoms with Gasteiger partial charge in [-0.15, -0.1) is 0 Å². The Bertz CT molecular complexity index is 394. The minimum absolute atomic E-state index is 0.0146. The summed E-state index contributed by atoms with van der Waals surface area (Å²) in [4.78, 5) is 4.39. The molecule has 3 atom stereocenters. The van der Waals surface area contributed by atoms with Crippen LogP contribution in [0.25, 0.3) is 0 Å². The molecule has 1 aromatic heterocycles. The topological polar surface area (TPSA) is 29.9 Å². The molecule has 1 aliphatic carbocycles. The van der Waals surface area contributed by atoms with Crippen LogP contribution in [0.5, 0.6) is 0 Å². The number of aromatic nitrogens is 2. The monoisotopic (exact) mass is 249 g/mol. The molecule has 2 rings (SSSR count). The van der Waals surface area contributed by atoms with Crippen LogP contribution >= 0.6 is 0 Å². The average molecular weight is 249 g/mol. The van der Waals surface area contributed by atoms with Gasteiger partial charge in [0, 0.05) is 6.04 Å². The Morgan fingerprint density at radius 3 is 2.67 bits per heavy atom. The second-order valence-corrected chi connectivity index (χ2v) is 6.52. The molecule has 0 amide bonds. The quantitative estimate of drug-likeness (QED) is 0.890. The van der Waals surface area contributed by atoms with Gasteiger partial charge in [-0.1, -0.05) is 13.8 Å². The minimum Gasteiger partial charge on any atom is -0.330 e. The molecule has 3 unspecified atom stereocenters. The van der Waals surface area contributed by atoms with E-state index < -0.39 is 0 Å². The normalized spacial score (nSPS) is 29.5. The highest BCUT2D eigenvalue weighted by Crippen LogP contribution is 2.38. The molecule has 1 fully saturated rings. The average Bonchev–Trinajstić information content (AvgIpc) is 2.78. The van der Waals surface area contributed by atoms with E-state index in [-0.39, 0.29) is 5.54 Å². The van der Waals surface area contributed by atoms with Gasteiger partial charge < -0.3 is 9.88 Å². The summed E-state index contributed by atoms with van der Waals surface area (Å²) in [6.07, 6.45) is 7.99. The third kappa shape index (κ3) is 2.46. The van der Waals surface area contributed by atoms with Crippen molar-refractivity contribution in [3.63, 3.8) is 0 Å². The Morgan fingerprint density at radius 2 is 2.06 bits per heavy atom. The van der Waals surface area contributed by atoms with Crippen LogP contribution in [0.3, 0.4) is 0 Å². The number of imidazole rings is 1. The fourth-order valence-corrected chi connectivity index (χ4v) is 3.24. The van der Waals surface area contributed by atoms with Crippen LogP contribution in [0.2, 0.25) is 0 Å². The fraction of sp³-hybridized carbons (Fsp3) is 0.800. The molecule has 3 nitrogen and oxygen atoms in total. The summed E-state index contributed by atoms with van der Waals surface area (Å²) in [5.74, 6) is 1.62. The van der Waals surface area contributed by atoms with Crippen LogP contribution in [0.15, 0.2) is 12.5 Å². The lowest BCUT2D eigenvalue weighted by molar-refractivity contribution is 0.198. The van der Waals surface area contributed by atoms with Crippen LogP contribution in [0.4, 0.5) is 0 Å². The molecule has 0 spiro atoms. The van der Waals surface area contributed by atoms with Gasteiger partial charge in [0.15, 0.2) is 0 Å². The Kier molecular flexibility index (Phi) is 3.81. The molecule has 0 radical (unpaired) electrons. The lowest BCUT2D eigenvalue weighted by Gasteiger charge is -2.36. The van der Waals surface area contributed by atoms with E-state index in [1.54, 1.807) is 0 Å². The number of rotatable bonds is 3. The molecular weight excluding hydrogens is 222 g/mol. The molecule has 3 heteroatoms. The third-order valence-electron chi connectivity index (χ3n) is 4.67. The summed E-state index contributed by atoms with van der Waals surface area (Å²) in [6.45, 7) is 9.20. The first-order valence-corrected chi connectivity index (χ1v) is 7.17. The van der Waals surface area contributed by atoms with Crippen molar-refractivity contribution >= 4 is 0 Å². The van der Waals surface area contributed by atoms with Gasteiger partial charge in [0.2, 0.25) is 0 Å². The first-order chi connectivity index (χ1) is 8.45. The Morgan fingerprint density at radius 1 is 1.33 bits per heavy atom. The van der Waals surface area contributed by atoms with Crippen LogP contribution < -0.4 is 5.32 Å². The van der Waals surface area contributed by atoms with E-state index in [1.165, 1.54) is 25.0 Å². The molecule has 1 heterocycles. The van der Waals surface area contributed by atoms with E-state index in [0.29, 0.717) is 6.04 Å². The molecule has 0 saturated heterocycles. The number of hydrogen-bond acceptors (Lipinski definition) is 2. The van der Waals surface area contributed by atoms with Crippen molar-refractivity contribution in [1.82, 2.24) is 14.9 Å². The molecule has 1 N–H and O–H groups in total. The summed E-state index contributed by atoms with van der Waals surface area (Å²) in [6, 6.07) is 0.617. The van der Waals surface area contributed by atoms with E-state index in [4.69, 9.17) is 0 Å². The Balaban J connectivity index is 2.27. The molecule has 0 bridgehead atoms. The smallest absolute Gasteiger partial charge is 0.0951 e. The standard InChI is InChI=1S/C15H27N3/c1-11-6-7-13(12(2)8-11)18-10-17-9-14(18)15(3,4)16-5/h9-13,16H,6-8H2,1-5H3. The van der Waals surface area contributed by atoms with Crippen LogP contribution in [-0.2, 0) is 5.54 Å². The summed E-state index contributed by atoms with van der Waals surface area (Å²) < 4.78 is 2.41. The summed E-state index contributed by atoms with van der Waals surface area (Å²) in [7, 11) is 2.02. The highest BCUT2D eigenvalue weighted by atomic mass is 15.1. The first kappa shape index (κ1) is 13.6. The molecule has 1 aromatic rings.